The van der Waals surface area contributed by atoms with Crippen LogP contribution in [0.15, 0.2) is 22.7 Å². The largest absolute Gasteiger partial charge is 0.496 e. The highest BCUT2D eigenvalue weighted by molar-refractivity contribution is 9.10. The number of halogens is 2. The summed E-state index contributed by atoms with van der Waals surface area (Å²) < 4.78 is 5.93. The Morgan fingerprint density at radius 2 is 2.18 bits per heavy atom. The first-order valence-corrected chi connectivity index (χ1v) is 7.24. The molecule has 0 atom stereocenters. The number of rotatable bonds is 5. The Labute approximate surface area is 118 Å². The van der Waals surface area contributed by atoms with Crippen LogP contribution in [0.2, 0.25) is 0 Å². The normalized spacial score (nSPS) is 10.1. The number of benzene rings is 1. The maximum absolute atomic E-state index is 12.2. The molecule has 0 spiro atoms. The molecule has 0 heterocycles. The first-order chi connectivity index (χ1) is 8.13. The number of alkyl halides is 1. The van der Waals surface area contributed by atoms with E-state index in [-0.39, 0.29) is 5.91 Å². The Kier molecular flexibility index (Phi) is 5.98. The Morgan fingerprint density at radius 3 is 2.65 bits per heavy atom. The van der Waals surface area contributed by atoms with Crippen LogP contribution in [0.3, 0.4) is 0 Å². The summed E-state index contributed by atoms with van der Waals surface area (Å²) in [4.78, 5) is 14.0. The van der Waals surface area contributed by atoms with Gasteiger partial charge in [-0.2, -0.15) is 0 Å². The molecule has 1 aromatic rings. The lowest BCUT2D eigenvalue weighted by atomic mass is 10.2. The summed E-state index contributed by atoms with van der Waals surface area (Å²) in [5, 5.41) is 0.782. The molecule has 1 rings (SSSR count). The van der Waals surface area contributed by atoms with Crippen molar-refractivity contribution in [2.75, 3.05) is 25.5 Å². The summed E-state index contributed by atoms with van der Waals surface area (Å²) in [6.45, 7) is 3.38. The van der Waals surface area contributed by atoms with Crippen LogP contribution in [-0.2, 0) is 0 Å². The molecule has 3 nitrogen and oxygen atoms in total. The lowest BCUT2D eigenvalue weighted by molar-refractivity contribution is 0.0775. The third-order valence-electron chi connectivity index (χ3n) is 2.42. The smallest absolute Gasteiger partial charge is 0.253 e. The van der Waals surface area contributed by atoms with Gasteiger partial charge in [0.15, 0.2) is 0 Å². The van der Waals surface area contributed by atoms with Gasteiger partial charge in [0.1, 0.15) is 5.75 Å². The van der Waals surface area contributed by atoms with Gasteiger partial charge in [0, 0.05) is 24.0 Å². The zero-order valence-electron chi connectivity index (χ0n) is 9.87. The lowest BCUT2D eigenvalue weighted by Crippen LogP contribution is -2.32. The number of amides is 1. The minimum atomic E-state index is 0.0373. The number of nitrogens with zero attached hydrogens (tertiary/aromatic N) is 1. The van der Waals surface area contributed by atoms with Crippen LogP contribution in [0.25, 0.3) is 0 Å². The fourth-order valence-electron chi connectivity index (χ4n) is 1.49. The molecule has 0 fully saturated rings. The predicted octanol–water partition coefficient (Wildman–Crippen LogP) is 3.31. The molecule has 0 radical (unpaired) electrons. The lowest BCUT2D eigenvalue weighted by Gasteiger charge is -2.20. The Balaban J connectivity index is 2.92. The van der Waals surface area contributed by atoms with E-state index in [0.29, 0.717) is 18.7 Å². The van der Waals surface area contributed by atoms with Crippen molar-refractivity contribution >= 4 is 37.8 Å². The van der Waals surface area contributed by atoms with Crippen LogP contribution >= 0.6 is 31.9 Å². The van der Waals surface area contributed by atoms with E-state index in [1.54, 1.807) is 30.2 Å². The monoisotopic (exact) mass is 363 g/mol. The van der Waals surface area contributed by atoms with Crippen molar-refractivity contribution in [1.82, 2.24) is 4.90 Å². The number of hydrogen-bond donors (Lipinski definition) is 0. The number of ether oxygens (including phenoxy) is 1. The molecule has 0 aliphatic carbocycles. The van der Waals surface area contributed by atoms with Crippen molar-refractivity contribution in [2.45, 2.75) is 6.92 Å². The van der Waals surface area contributed by atoms with Crippen molar-refractivity contribution in [3.05, 3.63) is 28.2 Å². The van der Waals surface area contributed by atoms with Gasteiger partial charge in [0.2, 0.25) is 0 Å². The van der Waals surface area contributed by atoms with Crippen LogP contribution in [0.4, 0.5) is 0 Å². The molecule has 0 N–H and O–H groups in total. The molecule has 0 saturated carbocycles. The average Bonchev–Trinajstić information content (AvgIpc) is 2.35. The van der Waals surface area contributed by atoms with Gasteiger partial charge in [-0.15, -0.1) is 0 Å². The highest BCUT2D eigenvalue weighted by atomic mass is 79.9. The van der Waals surface area contributed by atoms with Crippen molar-refractivity contribution in [1.29, 1.82) is 0 Å². The third kappa shape index (κ3) is 3.71. The minimum Gasteiger partial charge on any atom is -0.496 e. The summed E-state index contributed by atoms with van der Waals surface area (Å²) >= 11 is 6.73. The minimum absolute atomic E-state index is 0.0373. The van der Waals surface area contributed by atoms with Gasteiger partial charge in [-0.3, -0.25) is 4.79 Å². The van der Waals surface area contributed by atoms with Gasteiger partial charge in [-0.05, 0) is 41.1 Å². The fourth-order valence-corrected chi connectivity index (χ4v) is 2.46. The van der Waals surface area contributed by atoms with E-state index in [1.165, 1.54) is 0 Å². The fraction of sp³-hybridized carbons (Fsp3) is 0.417. The Bertz CT molecular complexity index is 396. The van der Waals surface area contributed by atoms with Crippen LogP contribution in [0.5, 0.6) is 5.75 Å². The van der Waals surface area contributed by atoms with E-state index >= 15 is 0 Å². The van der Waals surface area contributed by atoms with E-state index in [1.807, 2.05) is 6.92 Å². The molecule has 0 aliphatic heterocycles. The maximum Gasteiger partial charge on any atom is 0.253 e. The SMILES string of the molecule is CCN(CCBr)C(=O)c1ccc(OC)c(Br)c1. The van der Waals surface area contributed by atoms with Gasteiger partial charge < -0.3 is 9.64 Å². The second-order valence-corrected chi connectivity index (χ2v) is 5.07. The summed E-state index contributed by atoms with van der Waals surface area (Å²) in [6.07, 6.45) is 0. The van der Waals surface area contributed by atoms with Crippen molar-refractivity contribution in [3.63, 3.8) is 0 Å². The predicted molar refractivity (Wildman–Crippen MR) is 76.1 cm³/mol. The number of hydrogen-bond acceptors (Lipinski definition) is 2. The summed E-state index contributed by atoms with van der Waals surface area (Å²) in [5.74, 6) is 0.764. The van der Waals surface area contributed by atoms with Gasteiger partial charge in [0.25, 0.3) is 5.91 Å². The highest BCUT2D eigenvalue weighted by Gasteiger charge is 2.14. The first kappa shape index (κ1) is 14.5. The molecule has 0 unspecified atom stereocenters. The second-order valence-electron chi connectivity index (χ2n) is 3.42. The molecule has 17 heavy (non-hydrogen) atoms. The van der Waals surface area contributed by atoms with Gasteiger partial charge in [0.05, 0.1) is 11.6 Å². The van der Waals surface area contributed by atoms with E-state index in [9.17, 15) is 4.79 Å². The van der Waals surface area contributed by atoms with Crippen LogP contribution in [0.1, 0.15) is 17.3 Å². The molecule has 0 saturated heterocycles. The third-order valence-corrected chi connectivity index (χ3v) is 3.40. The average molecular weight is 365 g/mol. The summed E-state index contributed by atoms with van der Waals surface area (Å²) in [5.41, 5.74) is 0.667. The van der Waals surface area contributed by atoms with E-state index in [2.05, 4.69) is 31.9 Å². The number of carbonyl (C=O) groups excluding carboxylic acids is 1. The van der Waals surface area contributed by atoms with Crippen LogP contribution in [0, 0.1) is 0 Å². The van der Waals surface area contributed by atoms with Crippen LogP contribution < -0.4 is 4.74 Å². The van der Waals surface area contributed by atoms with Crippen molar-refractivity contribution in [2.24, 2.45) is 0 Å². The Morgan fingerprint density at radius 1 is 1.47 bits per heavy atom. The highest BCUT2D eigenvalue weighted by Crippen LogP contribution is 2.26. The molecular weight excluding hydrogens is 350 g/mol. The second kappa shape index (κ2) is 7.01. The summed E-state index contributed by atoms with van der Waals surface area (Å²) in [6, 6.07) is 5.36. The molecule has 94 valence electrons. The van der Waals surface area contributed by atoms with Crippen molar-refractivity contribution in [3.8, 4) is 5.75 Å². The van der Waals surface area contributed by atoms with Crippen molar-refractivity contribution < 1.29 is 9.53 Å². The standard InChI is InChI=1S/C12H15Br2NO2/c1-3-15(7-6-13)12(16)9-4-5-11(17-2)10(14)8-9/h4-5,8H,3,6-7H2,1-2H3. The molecular formula is C12H15Br2NO2. The van der Waals surface area contributed by atoms with E-state index in [4.69, 9.17) is 4.74 Å². The quantitative estimate of drug-likeness (QED) is 0.750. The molecule has 0 aliphatic rings. The first-order valence-electron chi connectivity index (χ1n) is 5.32. The topological polar surface area (TPSA) is 29.5 Å². The zero-order chi connectivity index (χ0) is 12.8. The van der Waals surface area contributed by atoms with Gasteiger partial charge >= 0.3 is 0 Å². The molecule has 0 bridgehead atoms. The van der Waals surface area contributed by atoms with Crippen LogP contribution in [-0.4, -0.2) is 36.3 Å². The number of methoxy groups -OCH3 is 1. The van der Waals surface area contributed by atoms with E-state index < -0.39 is 0 Å². The molecule has 0 aromatic heterocycles. The molecule has 1 aromatic carbocycles. The summed E-state index contributed by atoms with van der Waals surface area (Å²) in [7, 11) is 1.60. The van der Waals surface area contributed by atoms with Gasteiger partial charge in [-0.25, -0.2) is 0 Å². The maximum atomic E-state index is 12.2. The van der Waals surface area contributed by atoms with E-state index in [0.717, 1.165) is 15.6 Å². The van der Waals surface area contributed by atoms with Gasteiger partial charge in [-0.1, -0.05) is 15.9 Å². The number of carbonyl (C=O) groups is 1. The Hall–Kier alpha value is -0.550. The molecule has 1 amide bonds. The zero-order valence-corrected chi connectivity index (χ0v) is 13.0. The molecule has 5 heteroatoms.